The molecule has 5 nitrogen and oxygen atoms in total. The zero-order valence-corrected chi connectivity index (χ0v) is 13.4. The quantitative estimate of drug-likeness (QED) is 0.788. The van der Waals surface area contributed by atoms with E-state index in [2.05, 4.69) is 4.72 Å². The summed E-state index contributed by atoms with van der Waals surface area (Å²) in [4.78, 5) is 11.6. The first-order valence-electron chi connectivity index (χ1n) is 7.49. The van der Waals surface area contributed by atoms with Gasteiger partial charge in [0, 0.05) is 6.54 Å². The van der Waals surface area contributed by atoms with Crippen molar-refractivity contribution in [2.75, 3.05) is 6.54 Å². The van der Waals surface area contributed by atoms with Gasteiger partial charge in [-0.15, -0.1) is 0 Å². The van der Waals surface area contributed by atoms with Crippen molar-refractivity contribution in [1.29, 1.82) is 0 Å². The summed E-state index contributed by atoms with van der Waals surface area (Å²) in [7, 11) is -3.51. The van der Waals surface area contributed by atoms with Crippen LogP contribution in [0.25, 0.3) is 5.57 Å². The van der Waals surface area contributed by atoms with E-state index in [1.807, 2.05) is 6.08 Å². The van der Waals surface area contributed by atoms with Crippen LogP contribution in [-0.2, 0) is 14.8 Å². The average molecular weight is 323 g/mol. The second-order valence-corrected chi connectivity index (χ2v) is 7.22. The van der Waals surface area contributed by atoms with E-state index in [0.717, 1.165) is 25.7 Å². The lowest BCUT2D eigenvalue weighted by molar-refractivity contribution is -0.130. The Labute approximate surface area is 131 Å². The Morgan fingerprint density at radius 3 is 2.36 bits per heavy atom. The highest BCUT2D eigenvalue weighted by molar-refractivity contribution is 7.89. The topological polar surface area (TPSA) is 83.5 Å². The van der Waals surface area contributed by atoms with Gasteiger partial charge < -0.3 is 5.11 Å². The predicted octanol–water partition coefficient (Wildman–Crippen LogP) is 2.64. The van der Waals surface area contributed by atoms with Gasteiger partial charge in [-0.05, 0) is 36.5 Å². The van der Waals surface area contributed by atoms with Crippen molar-refractivity contribution in [3.05, 3.63) is 35.9 Å². The molecule has 0 unspecified atom stereocenters. The molecule has 2 rings (SSSR count). The molecule has 1 aromatic carbocycles. The molecule has 22 heavy (non-hydrogen) atoms. The molecule has 0 radical (unpaired) electrons. The fraction of sp³-hybridized carbons (Fsp3) is 0.438. The van der Waals surface area contributed by atoms with E-state index < -0.39 is 16.0 Å². The molecular formula is C16H21NO4S. The van der Waals surface area contributed by atoms with Crippen LogP contribution in [0.5, 0.6) is 0 Å². The van der Waals surface area contributed by atoms with Crippen molar-refractivity contribution in [1.82, 2.24) is 4.72 Å². The molecule has 2 N–H and O–H groups in total. The molecule has 0 aromatic heterocycles. The summed E-state index contributed by atoms with van der Waals surface area (Å²) in [6.45, 7) is 2.02. The number of hydrogen-bond donors (Lipinski definition) is 2. The van der Waals surface area contributed by atoms with Crippen LogP contribution in [-0.4, -0.2) is 26.0 Å². The van der Waals surface area contributed by atoms with Crippen molar-refractivity contribution in [3.8, 4) is 0 Å². The summed E-state index contributed by atoms with van der Waals surface area (Å²) in [5.74, 6) is -0.676. The van der Waals surface area contributed by atoms with Crippen LogP contribution in [0.2, 0.25) is 0 Å². The summed E-state index contributed by atoms with van der Waals surface area (Å²) in [5.41, 5.74) is 0.786. The van der Waals surface area contributed by atoms with Crippen molar-refractivity contribution < 1.29 is 18.3 Å². The van der Waals surface area contributed by atoms with Crippen LogP contribution < -0.4 is 4.72 Å². The number of aliphatic carboxylic acids is 1. The number of carboxylic acids is 1. The average Bonchev–Trinajstić information content (AvgIpc) is 2.97. The maximum atomic E-state index is 11.9. The van der Waals surface area contributed by atoms with Crippen LogP contribution in [0.1, 0.15) is 38.2 Å². The van der Waals surface area contributed by atoms with Gasteiger partial charge in [0.05, 0.1) is 10.5 Å². The summed E-state index contributed by atoms with van der Waals surface area (Å²) in [6, 6.07) is 6.00. The second kappa shape index (κ2) is 7.07. The standard InChI is InChI=1S/C16H21NO4S/c1-2-17-22(20,21)14-9-7-13(8-10-14)15(16(18)19)11-12-5-3-4-6-12/h7-12,17H,2-6H2,1H3,(H,18,19). The van der Waals surface area contributed by atoms with Crippen LogP contribution in [0.4, 0.5) is 0 Å². The van der Waals surface area contributed by atoms with Crippen molar-refractivity contribution in [3.63, 3.8) is 0 Å². The first-order chi connectivity index (χ1) is 10.4. The second-order valence-electron chi connectivity index (χ2n) is 5.46. The number of allylic oxidation sites excluding steroid dienone is 1. The van der Waals surface area contributed by atoms with Gasteiger partial charge in [0.25, 0.3) is 0 Å². The van der Waals surface area contributed by atoms with Crippen molar-refractivity contribution >= 4 is 21.6 Å². The van der Waals surface area contributed by atoms with Crippen LogP contribution in [0, 0.1) is 5.92 Å². The van der Waals surface area contributed by atoms with Crippen LogP contribution >= 0.6 is 0 Å². The lowest BCUT2D eigenvalue weighted by Crippen LogP contribution is -2.23. The minimum absolute atomic E-state index is 0.142. The van der Waals surface area contributed by atoms with E-state index in [4.69, 9.17) is 0 Å². The number of carbonyl (C=O) groups is 1. The first kappa shape index (κ1) is 16.7. The Hall–Kier alpha value is -1.66. The number of sulfonamides is 1. The molecule has 0 bridgehead atoms. The van der Waals surface area contributed by atoms with E-state index in [1.54, 1.807) is 19.1 Å². The van der Waals surface area contributed by atoms with Gasteiger partial charge in [0.15, 0.2) is 0 Å². The maximum absolute atomic E-state index is 11.9. The fourth-order valence-corrected chi connectivity index (χ4v) is 3.78. The van der Waals surface area contributed by atoms with Gasteiger partial charge in [-0.25, -0.2) is 17.9 Å². The predicted molar refractivity (Wildman–Crippen MR) is 84.9 cm³/mol. The van der Waals surface area contributed by atoms with Gasteiger partial charge >= 0.3 is 5.97 Å². The fourth-order valence-electron chi connectivity index (χ4n) is 2.74. The minimum atomic E-state index is -3.51. The van der Waals surface area contributed by atoms with Crippen molar-refractivity contribution in [2.45, 2.75) is 37.5 Å². The Morgan fingerprint density at radius 2 is 1.86 bits per heavy atom. The van der Waals surface area contributed by atoms with E-state index in [9.17, 15) is 18.3 Å². The highest BCUT2D eigenvalue weighted by Gasteiger charge is 2.19. The number of rotatable bonds is 6. The number of nitrogens with one attached hydrogen (secondary N) is 1. The van der Waals surface area contributed by atoms with E-state index in [0.29, 0.717) is 18.0 Å². The molecule has 0 spiro atoms. The zero-order chi connectivity index (χ0) is 16.2. The zero-order valence-electron chi connectivity index (χ0n) is 12.6. The summed E-state index contributed by atoms with van der Waals surface area (Å²) >= 11 is 0. The molecule has 0 aliphatic heterocycles. The molecule has 1 aliphatic carbocycles. The molecule has 120 valence electrons. The summed E-state index contributed by atoms with van der Waals surface area (Å²) < 4.78 is 26.2. The van der Waals surface area contributed by atoms with E-state index in [-0.39, 0.29) is 10.5 Å². The SMILES string of the molecule is CCNS(=O)(=O)c1ccc(C(=CC2CCCC2)C(=O)O)cc1. The Bertz CT molecular complexity index is 656. The molecule has 0 atom stereocenters. The van der Waals surface area contributed by atoms with Gasteiger partial charge in [0.2, 0.25) is 10.0 Å². The maximum Gasteiger partial charge on any atom is 0.335 e. The Balaban J connectivity index is 2.28. The third-order valence-electron chi connectivity index (χ3n) is 3.84. The molecule has 0 heterocycles. The smallest absolute Gasteiger partial charge is 0.335 e. The van der Waals surface area contributed by atoms with Gasteiger partial charge in [-0.3, -0.25) is 0 Å². The number of benzene rings is 1. The van der Waals surface area contributed by atoms with Crippen LogP contribution in [0.15, 0.2) is 35.2 Å². The van der Waals surface area contributed by atoms with Gasteiger partial charge in [-0.1, -0.05) is 38.0 Å². The molecule has 1 fully saturated rings. The number of carboxylic acid groups (broad SMARTS) is 1. The molecule has 1 aliphatic rings. The third kappa shape index (κ3) is 3.96. The van der Waals surface area contributed by atoms with Gasteiger partial charge in [-0.2, -0.15) is 0 Å². The molecule has 1 aromatic rings. The first-order valence-corrected chi connectivity index (χ1v) is 8.97. The molecule has 1 saturated carbocycles. The van der Waals surface area contributed by atoms with Crippen LogP contribution in [0.3, 0.4) is 0 Å². The molecular weight excluding hydrogens is 302 g/mol. The largest absolute Gasteiger partial charge is 0.478 e. The lowest BCUT2D eigenvalue weighted by Gasteiger charge is -2.09. The highest BCUT2D eigenvalue weighted by Crippen LogP contribution is 2.29. The normalized spacial score (nSPS) is 16.9. The summed E-state index contributed by atoms with van der Waals surface area (Å²) in [5, 5.41) is 9.40. The lowest BCUT2D eigenvalue weighted by atomic mass is 9.99. The van der Waals surface area contributed by atoms with Gasteiger partial charge in [0.1, 0.15) is 0 Å². The van der Waals surface area contributed by atoms with E-state index in [1.165, 1.54) is 12.1 Å². The van der Waals surface area contributed by atoms with E-state index >= 15 is 0 Å². The molecule has 6 heteroatoms. The minimum Gasteiger partial charge on any atom is -0.478 e. The summed E-state index contributed by atoms with van der Waals surface area (Å²) in [6.07, 6.45) is 6.11. The Kier molecular flexibility index (Phi) is 5.37. The highest BCUT2D eigenvalue weighted by atomic mass is 32.2. The molecule has 0 amide bonds. The van der Waals surface area contributed by atoms with Crippen molar-refractivity contribution in [2.24, 2.45) is 5.92 Å². The number of hydrogen-bond acceptors (Lipinski definition) is 3. The Morgan fingerprint density at radius 1 is 1.27 bits per heavy atom. The third-order valence-corrected chi connectivity index (χ3v) is 5.40. The molecule has 0 saturated heterocycles. The monoisotopic (exact) mass is 323 g/mol.